The first-order valence-electron chi connectivity index (χ1n) is 9.37. The Morgan fingerprint density at radius 1 is 1.15 bits per heavy atom. The number of ether oxygens (including phenoxy) is 2. The Balaban J connectivity index is 1.47. The number of para-hydroxylation sites is 1. The van der Waals surface area contributed by atoms with Crippen LogP contribution in [0.2, 0.25) is 0 Å². The van der Waals surface area contributed by atoms with Gasteiger partial charge in [0, 0.05) is 31.4 Å². The summed E-state index contributed by atoms with van der Waals surface area (Å²) in [6, 6.07) is 9.89. The molecule has 1 aromatic carbocycles. The zero-order valence-electron chi connectivity index (χ0n) is 15.6. The van der Waals surface area contributed by atoms with E-state index in [0.29, 0.717) is 0 Å². The molecule has 4 rings (SSSR count). The molecule has 1 N–H and O–H groups in total. The van der Waals surface area contributed by atoms with Gasteiger partial charge in [0.15, 0.2) is 5.65 Å². The van der Waals surface area contributed by atoms with Crippen LogP contribution in [0.1, 0.15) is 6.42 Å². The van der Waals surface area contributed by atoms with Gasteiger partial charge in [0.25, 0.3) is 0 Å². The van der Waals surface area contributed by atoms with Crippen LogP contribution in [0, 0.1) is 0 Å². The van der Waals surface area contributed by atoms with Crippen molar-refractivity contribution in [1.82, 2.24) is 19.5 Å². The first kappa shape index (κ1) is 17.8. The van der Waals surface area contributed by atoms with Gasteiger partial charge in [-0.25, -0.2) is 4.98 Å². The summed E-state index contributed by atoms with van der Waals surface area (Å²) in [5.41, 5.74) is 2.77. The minimum Gasteiger partial charge on any atom is -0.496 e. The number of hydrogen-bond acceptors (Lipinski definition) is 6. The van der Waals surface area contributed by atoms with Crippen LogP contribution in [0.25, 0.3) is 16.8 Å². The maximum absolute atomic E-state index is 5.49. The highest BCUT2D eigenvalue weighted by Gasteiger charge is 2.14. The zero-order valence-corrected chi connectivity index (χ0v) is 15.6. The summed E-state index contributed by atoms with van der Waals surface area (Å²) in [6.45, 7) is 5.72. The molecule has 1 fully saturated rings. The Hall–Kier alpha value is -2.64. The predicted octanol–water partition coefficient (Wildman–Crippen LogP) is 2.54. The quantitative estimate of drug-likeness (QED) is 0.648. The number of hydrogen-bond donors (Lipinski definition) is 1. The van der Waals surface area contributed by atoms with E-state index in [4.69, 9.17) is 9.47 Å². The van der Waals surface area contributed by atoms with Crippen molar-refractivity contribution in [2.24, 2.45) is 0 Å². The van der Waals surface area contributed by atoms with E-state index in [2.05, 4.69) is 20.3 Å². The Morgan fingerprint density at radius 3 is 2.85 bits per heavy atom. The summed E-state index contributed by atoms with van der Waals surface area (Å²) >= 11 is 0. The lowest BCUT2D eigenvalue weighted by Gasteiger charge is -2.26. The van der Waals surface area contributed by atoms with Crippen molar-refractivity contribution in [2.45, 2.75) is 6.42 Å². The number of benzene rings is 1. The lowest BCUT2D eigenvalue weighted by atomic mass is 10.1. The van der Waals surface area contributed by atoms with Crippen molar-refractivity contribution in [3.8, 4) is 16.9 Å². The Morgan fingerprint density at radius 2 is 2.00 bits per heavy atom. The van der Waals surface area contributed by atoms with Gasteiger partial charge in [0.2, 0.25) is 0 Å². The van der Waals surface area contributed by atoms with E-state index in [0.717, 1.165) is 74.2 Å². The van der Waals surface area contributed by atoms with E-state index in [1.54, 1.807) is 7.11 Å². The molecule has 0 aliphatic carbocycles. The smallest absolute Gasteiger partial charge is 0.165 e. The predicted molar refractivity (Wildman–Crippen MR) is 105 cm³/mol. The number of morpholine rings is 1. The van der Waals surface area contributed by atoms with E-state index in [1.165, 1.54) is 0 Å². The first-order valence-corrected chi connectivity index (χ1v) is 9.37. The molecule has 27 heavy (non-hydrogen) atoms. The molecule has 0 radical (unpaired) electrons. The van der Waals surface area contributed by atoms with E-state index < -0.39 is 0 Å². The molecule has 1 aliphatic heterocycles. The second kappa shape index (κ2) is 8.37. The molecule has 7 heteroatoms. The normalized spacial score (nSPS) is 15.1. The summed E-state index contributed by atoms with van der Waals surface area (Å²) in [7, 11) is 1.68. The molecule has 0 atom stereocenters. The van der Waals surface area contributed by atoms with Crippen LogP contribution in [0.15, 0.2) is 42.7 Å². The third-order valence-electron chi connectivity index (χ3n) is 4.86. The molecule has 7 nitrogen and oxygen atoms in total. The van der Waals surface area contributed by atoms with Crippen LogP contribution in [0.4, 0.5) is 5.82 Å². The fourth-order valence-corrected chi connectivity index (χ4v) is 3.43. The first-order chi connectivity index (χ1) is 13.4. The number of aromatic nitrogens is 3. The number of nitrogens with zero attached hydrogens (tertiary/aromatic N) is 4. The third-order valence-corrected chi connectivity index (χ3v) is 4.86. The number of fused-ring (bicyclic) bond motifs is 1. The van der Waals surface area contributed by atoms with Gasteiger partial charge < -0.3 is 14.8 Å². The Labute approximate surface area is 158 Å². The van der Waals surface area contributed by atoms with E-state index in [9.17, 15) is 0 Å². The minimum absolute atomic E-state index is 0.817. The average Bonchev–Trinajstić information content (AvgIpc) is 3.16. The van der Waals surface area contributed by atoms with Crippen LogP contribution in [0.3, 0.4) is 0 Å². The standard InChI is InChI=1S/C20H25N5O2/c1-26-18-6-3-2-5-16(18)17-15-23-25-19(7-9-22-20(17)25)21-8-4-10-24-11-13-27-14-12-24/h2-3,5-7,9,15,21H,4,8,10-14H2,1H3. The number of anilines is 1. The SMILES string of the molecule is COc1ccccc1-c1cnn2c(NCCCN3CCOCC3)ccnc12. The van der Waals surface area contributed by atoms with Crippen molar-refractivity contribution in [1.29, 1.82) is 0 Å². The van der Waals surface area contributed by atoms with Crippen LogP contribution in [-0.2, 0) is 4.74 Å². The fourth-order valence-electron chi connectivity index (χ4n) is 3.43. The number of rotatable bonds is 7. The van der Waals surface area contributed by atoms with Crippen molar-refractivity contribution >= 4 is 11.5 Å². The number of nitrogens with one attached hydrogen (secondary N) is 1. The molecule has 2 aromatic heterocycles. The number of methoxy groups -OCH3 is 1. The maximum Gasteiger partial charge on any atom is 0.165 e. The molecular weight excluding hydrogens is 342 g/mol. The summed E-state index contributed by atoms with van der Waals surface area (Å²) in [4.78, 5) is 6.98. The molecule has 0 bridgehead atoms. The fraction of sp³-hybridized carbons (Fsp3) is 0.400. The summed E-state index contributed by atoms with van der Waals surface area (Å²) in [6.07, 6.45) is 4.74. The largest absolute Gasteiger partial charge is 0.496 e. The average molecular weight is 367 g/mol. The highest BCUT2D eigenvalue weighted by Crippen LogP contribution is 2.32. The molecule has 3 aromatic rings. The molecule has 0 saturated carbocycles. The Kier molecular flexibility index (Phi) is 5.50. The molecule has 0 spiro atoms. The van der Waals surface area contributed by atoms with Gasteiger partial charge in [-0.15, -0.1) is 0 Å². The molecule has 0 amide bonds. The molecule has 3 heterocycles. The topological polar surface area (TPSA) is 63.9 Å². The van der Waals surface area contributed by atoms with Crippen LogP contribution < -0.4 is 10.1 Å². The Bertz CT molecular complexity index is 889. The summed E-state index contributed by atoms with van der Waals surface area (Å²) in [5, 5.41) is 8.04. The second-order valence-corrected chi connectivity index (χ2v) is 6.56. The van der Waals surface area contributed by atoms with E-state index >= 15 is 0 Å². The van der Waals surface area contributed by atoms with Gasteiger partial charge in [-0.2, -0.15) is 9.61 Å². The van der Waals surface area contributed by atoms with Crippen LogP contribution >= 0.6 is 0 Å². The second-order valence-electron chi connectivity index (χ2n) is 6.56. The minimum atomic E-state index is 0.817. The van der Waals surface area contributed by atoms with Crippen molar-refractivity contribution in [3.05, 3.63) is 42.7 Å². The summed E-state index contributed by atoms with van der Waals surface area (Å²) < 4.78 is 12.7. The van der Waals surface area contributed by atoms with Crippen LogP contribution in [-0.4, -0.2) is 66.0 Å². The molecule has 1 saturated heterocycles. The van der Waals surface area contributed by atoms with Gasteiger partial charge in [0.1, 0.15) is 11.6 Å². The lowest BCUT2D eigenvalue weighted by molar-refractivity contribution is 0.0378. The van der Waals surface area contributed by atoms with Gasteiger partial charge in [-0.05, 0) is 25.1 Å². The maximum atomic E-state index is 5.49. The highest BCUT2D eigenvalue weighted by molar-refractivity contribution is 5.81. The molecule has 142 valence electrons. The van der Waals surface area contributed by atoms with Gasteiger partial charge in [-0.1, -0.05) is 18.2 Å². The van der Waals surface area contributed by atoms with Crippen molar-refractivity contribution in [2.75, 3.05) is 51.8 Å². The van der Waals surface area contributed by atoms with Gasteiger partial charge in [0.05, 0.1) is 32.1 Å². The highest BCUT2D eigenvalue weighted by atomic mass is 16.5. The molecule has 0 unspecified atom stereocenters. The van der Waals surface area contributed by atoms with Crippen molar-refractivity contribution in [3.63, 3.8) is 0 Å². The monoisotopic (exact) mass is 367 g/mol. The van der Waals surface area contributed by atoms with Crippen LogP contribution in [0.5, 0.6) is 5.75 Å². The molecular formula is C20H25N5O2. The van der Waals surface area contributed by atoms with E-state index in [-0.39, 0.29) is 0 Å². The molecule has 1 aliphatic rings. The van der Waals surface area contributed by atoms with E-state index in [1.807, 2.05) is 47.2 Å². The summed E-state index contributed by atoms with van der Waals surface area (Å²) in [5.74, 6) is 1.76. The van der Waals surface area contributed by atoms with Gasteiger partial charge >= 0.3 is 0 Å². The zero-order chi connectivity index (χ0) is 18.5. The lowest BCUT2D eigenvalue weighted by Crippen LogP contribution is -2.37. The third kappa shape index (κ3) is 3.89. The van der Waals surface area contributed by atoms with Crippen molar-refractivity contribution < 1.29 is 9.47 Å². The van der Waals surface area contributed by atoms with Gasteiger partial charge in [-0.3, -0.25) is 4.90 Å².